The van der Waals surface area contributed by atoms with Crippen molar-refractivity contribution >= 4 is 28.5 Å². The number of hydrogen-bond donors (Lipinski definition) is 1. The van der Waals surface area contributed by atoms with Crippen LogP contribution in [-0.4, -0.2) is 25.4 Å². The summed E-state index contributed by atoms with van der Waals surface area (Å²) >= 11 is 7.52. The summed E-state index contributed by atoms with van der Waals surface area (Å²) in [7, 11) is 1.65. The summed E-state index contributed by atoms with van der Waals surface area (Å²) in [6.07, 6.45) is 0. The number of rotatable bonds is 6. The van der Waals surface area contributed by atoms with E-state index in [4.69, 9.17) is 22.1 Å². The van der Waals surface area contributed by atoms with Crippen LogP contribution in [0.4, 0.5) is 0 Å². The van der Waals surface area contributed by atoms with E-state index in [1.54, 1.807) is 7.11 Å². The number of hydrogen-bond acceptors (Lipinski definition) is 3. The van der Waals surface area contributed by atoms with E-state index in [0.29, 0.717) is 18.3 Å². The molecule has 0 aliphatic heterocycles. The molecule has 0 fully saturated rings. The molecule has 0 radical (unpaired) electrons. The Kier molecular flexibility index (Phi) is 6.77. The fourth-order valence-electron chi connectivity index (χ4n) is 2.00. The minimum atomic E-state index is 0.0877. The van der Waals surface area contributed by atoms with Gasteiger partial charge in [-0.25, -0.2) is 0 Å². The second kappa shape index (κ2) is 8.83. The first kappa shape index (κ1) is 16.9. The molecule has 116 valence electrons. The minimum absolute atomic E-state index is 0.0877. The summed E-state index contributed by atoms with van der Waals surface area (Å²) in [5, 5.41) is 1.37. The van der Waals surface area contributed by atoms with Gasteiger partial charge in [-0.1, -0.05) is 65.8 Å². The fraction of sp³-hybridized carbons (Fsp3) is 0.235. The van der Waals surface area contributed by atoms with E-state index in [9.17, 15) is 0 Å². The summed E-state index contributed by atoms with van der Waals surface area (Å²) in [6, 6.07) is 18.1. The molecule has 3 nitrogen and oxygen atoms in total. The highest BCUT2D eigenvalue weighted by molar-refractivity contribution is 8.14. The highest BCUT2D eigenvalue weighted by atomic mass is 35.5. The first-order valence-corrected chi connectivity index (χ1v) is 8.22. The van der Waals surface area contributed by atoms with Crippen LogP contribution in [0.5, 0.6) is 0 Å². The molecule has 2 aromatic carbocycles. The van der Waals surface area contributed by atoms with Gasteiger partial charge in [0.1, 0.15) is 0 Å². The van der Waals surface area contributed by atoms with Crippen LogP contribution in [0.15, 0.2) is 59.6 Å². The van der Waals surface area contributed by atoms with Gasteiger partial charge in [-0.2, -0.15) is 0 Å². The normalized spacial score (nSPS) is 13.1. The molecule has 0 aromatic heterocycles. The summed E-state index contributed by atoms with van der Waals surface area (Å²) in [4.78, 5) is 4.33. The van der Waals surface area contributed by atoms with Gasteiger partial charge in [-0.3, -0.25) is 4.99 Å². The number of nitrogens with zero attached hydrogens (tertiary/aromatic N) is 1. The number of halogens is 1. The molecule has 0 bridgehead atoms. The number of benzene rings is 2. The standard InChI is InChI=1S/C17H19ClN2OS/c1-21-12-11-20-17(19)22-16(13-5-3-2-4-6-13)14-7-9-15(18)10-8-14/h2-10,16H,11-12H2,1H3,(H2,19,20)/t16-/m1/s1. The van der Waals surface area contributed by atoms with Gasteiger partial charge in [0.15, 0.2) is 5.17 Å². The Morgan fingerprint density at radius 3 is 2.41 bits per heavy atom. The van der Waals surface area contributed by atoms with Crippen molar-refractivity contribution < 1.29 is 4.74 Å². The van der Waals surface area contributed by atoms with Gasteiger partial charge in [0.05, 0.1) is 18.4 Å². The summed E-state index contributed by atoms with van der Waals surface area (Å²) in [5.74, 6) is 0. The molecule has 0 heterocycles. The van der Waals surface area contributed by atoms with Crippen LogP contribution in [0.1, 0.15) is 16.4 Å². The number of ether oxygens (including phenoxy) is 1. The second-order valence-electron chi connectivity index (χ2n) is 4.67. The molecule has 0 aliphatic rings. The molecule has 0 aliphatic carbocycles. The quantitative estimate of drug-likeness (QED) is 0.491. The lowest BCUT2D eigenvalue weighted by atomic mass is 10.0. The third kappa shape index (κ3) is 5.05. The van der Waals surface area contributed by atoms with E-state index in [1.165, 1.54) is 17.3 Å². The second-order valence-corrected chi connectivity index (χ2v) is 6.23. The Balaban J connectivity index is 2.22. The molecule has 0 amide bonds. The van der Waals surface area contributed by atoms with Gasteiger partial charge in [-0.15, -0.1) is 0 Å². The molecule has 0 saturated carbocycles. The Labute approximate surface area is 140 Å². The maximum absolute atomic E-state index is 6.05. The van der Waals surface area contributed by atoms with Gasteiger partial charge >= 0.3 is 0 Å². The first-order chi connectivity index (χ1) is 10.7. The third-order valence-corrected chi connectivity index (χ3v) is 4.48. The van der Waals surface area contributed by atoms with Gasteiger partial charge in [0, 0.05) is 12.1 Å². The molecular weight excluding hydrogens is 316 g/mol. The number of methoxy groups -OCH3 is 1. The highest BCUT2D eigenvalue weighted by Crippen LogP contribution is 2.35. The van der Waals surface area contributed by atoms with Crippen molar-refractivity contribution in [3.63, 3.8) is 0 Å². The van der Waals surface area contributed by atoms with Gasteiger partial charge in [0.25, 0.3) is 0 Å². The Morgan fingerprint density at radius 1 is 1.14 bits per heavy atom. The largest absolute Gasteiger partial charge is 0.383 e. The smallest absolute Gasteiger partial charge is 0.154 e. The lowest BCUT2D eigenvalue weighted by Crippen LogP contribution is -2.12. The maximum Gasteiger partial charge on any atom is 0.154 e. The average molecular weight is 335 g/mol. The summed E-state index contributed by atoms with van der Waals surface area (Å²) in [5.41, 5.74) is 8.38. The summed E-state index contributed by atoms with van der Waals surface area (Å²) < 4.78 is 4.99. The lowest BCUT2D eigenvalue weighted by Gasteiger charge is -2.17. The Hall–Kier alpha value is -1.49. The monoisotopic (exact) mass is 334 g/mol. The first-order valence-electron chi connectivity index (χ1n) is 6.96. The van der Waals surface area contributed by atoms with Crippen molar-refractivity contribution in [3.8, 4) is 0 Å². The average Bonchev–Trinajstić information content (AvgIpc) is 2.55. The Bertz CT molecular complexity index is 602. The van der Waals surface area contributed by atoms with E-state index in [0.717, 1.165) is 10.6 Å². The van der Waals surface area contributed by atoms with E-state index >= 15 is 0 Å². The molecule has 1 atom stereocenters. The van der Waals surface area contributed by atoms with E-state index in [1.807, 2.05) is 42.5 Å². The van der Waals surface area contributed by atoms with Crippen molar-refractivity contribution in [3.05, 3.63) is 70.7 Å². The zero-order valence-electron chi connectivity index (χ0n) is 12.4. The van der Waals surface area contributed by atoms with Crippen LogP contribution in [0, 0.1) is 0 Å². The zero-order chi connectivity index (χ0) is 15.8. The molecule has 5 heteroatoms. The lowest BCUT2D eigenvalue weighted by molar-refractivity contribution is 0.208. The van der Waals surface area contributed by atoms with Crippen molar-refractivity contribution in [2.75, 3.05) is 20.3 Å². The zero-order valence-corrected chi connectivity index (χ0v) is 14.0. The number of amidine groups is 1. The van der Waals surface area contributed by atoms with Gasteiger partial charge in [0.2, 0.25) is 0 Å². The topological polar surface area (TPSA) is 47.6 Å². The van der Waals surface area contributed by atoms with Crippen LogP contribution < -0.4 is 5.73 Å². The van der Waals surface area contributed by atoms with Crippen LogP contribution in [0.25, 0.3) is 0 Å². The number of thioether (sulfide) groups is 1. The van der Waals surface area contributed by atoms with Gasteiger partial charge in [-0.05, 0) is 23.3 Å². The van der Waals surface area contributed by atoms with Crippen molar-refractivity contribution in [1.29, 1.82) is 0 Å². The van der Waals surface area contributed by atoms with Crippen LogP contribution in [-0.2, 0) is 4.74 Å². The van der Waals surface area contributed by atoms with Crippen LogP contribution in [0.2, 0.25) is 5.02 Å². The van der Waals surface area contributed by atoms with Crippen molar-refractivity contribution in [1.82, 2.24) is 0 Å². The molecule has 0 saturated heterocycles. The molecule has 2 rings (SSSR count). The molecular formula is C17H19ClN2OS. The predicted molar refractivity (Wildman–Crippen MR) is 95.7 cm³/mol. The third-order valence-electron chi connectivity index (χ3n) is 3.08. The highest BCUT2D eigenvalue weighted by Gasteiger charge is 2.16. The Morgan fingerprint density at radius 2 is 1.77 bits per heavy atom. The SMILES string of the molecule is COCCN=C(N)S[C@H](c1ccccc1)c1ccc(Cl)cc1. The minimum Gasteiger partial charge on any atom is -0.383 e. The van der Waals surface area contributed by atoms with E-state index in [2.05, 4.69) is 17.1 Å². The molecule has 0 spiro atoms. The number of nitrogens with two attached hydrogens (primary N) is 1. The molecule has 0 unspecified atom stereocenters. The van der Waals surface area contributed by atoms with Crippen LogP contribution >= 0.6 is 23.4 Å². The molecule has 22 heavy (non-hydrogen) atoms. The van der Waals surface area contributed by atoms with Crippen molar-refractivity contribution in [2.24, 2.45) is 10.7 Å². The van der Waals surface area contributed by atoms with Crippen molar-refractivity contribution in [2.45, 2.75) is 5.25 Å². The fourth-order valence-corrected chi connectivity index (χ4v) is 3.12. The molecule has 2 N–H and O–H groups in total. The molecule has 2 aromatic rings. The maximum atomic E-state index is 6.05. The van der Waals surface area contributed by atoms with E-state index < -0.39 is 0 Å². The summed E-state index contributed by atoms with van der Waals surface area (Å²) in [6.45, 7) is 1.13. The van der Waals surface area contributed by atoms with Crippen LogP contribution in [0.3, 0.4) is 0 Å². The van der Waals surface area contributed by atoms with E-state index in [-0.39, 0.29) is 5.25 Å². The number of aliphatic imine (C=N–C) groups is 1. The predicted octanol–water partition coefficient (Wildman–Crippen LogP) is 4.12. The van der Waals surface area contributed by atoms with Gasteiger partial charge < -0.3 is 10.5 Å².